The van der Waals surface area contributed by atoms with Crippen LogP contribution < -0.4 is 11.1 Å². The number of primary amides is 1. The van der Waals surface area contributed by atoms with Crippen LogP contribution in [0, 0.1) is 0 Å². The van der Waals surface area contributed by atoms with Gasteiger partial charge in [-0.05, 0) is 0 Å². The molecule has 1 rings (SSSR count). The van der Waals surface area contributed by atoms with E-state index in [0.717, 1.165) is 5.56 Å². The predicted octanol–water partition coefficient (Wildman–Crippen LogP) is -1.11. The zero-order valence-electron chi connectivity index (χ0n) is 11.2. The number of aromatic nitrogens is 2. The summed E-state index contributed by atoms with van der Waals surface area (Å²) >= 11 is 0. The number of carboxylic acids is 1. The highest BCUT2D eigenvalue weighted by atomic mass is 16.4. The van der Waals surface area contributed by atoms with Crippen LogP contribution in [-0.4, -0.2) is 50.8 Å². The number of hydrogen-bond donors (Lipinski definition) is 3. The third kappa shape index (κ3) is 4.59. The summed E-state index contributed by atoms with van der Waals surface area (Å²) in [6.07, 6.45) is 2.88. The smallest absolute Gasteiger partial charge is 0.326 e. The Morgan fingerprint density at radius 2 is 2.20 bits per heavy atom. The predicted molar refractivity (Wildman–Crippen MR) is 68.4 cm³/mol. The van der Waals surface area contributed by atoms with Gasteiger partial charge in [0.25, 0.3) is 0 Å². The molecule has 1 heterocycles. The zero-order valence-corrected chi connectivity index (χ0v) is 11.2. The van der Waals surface area contributed by atoms with Crippen molar-refractivity contribution in [2.75, 3.05) is 7.05 Å². The molecule has 1 aromatic rings. The average Bonchev–Trinajstić information content (AvgIpc) is 2.72. The Morgan fingerprint density at radius 3 is 2.65 bits per heavy atom. The number of carbonyl (C=O) groups excluding carboxylic acids is 2. The summed E-state index contributed by atoms with van der Waals surface area (Å²) in [5.74, 6) is -2.11. The van der Waals surface area contributed by atoms with E-state index >= 15 is 0 Å². The molecule has 9 nitrogen and oxygen atoms in total. The van der Waals surface area contributed by atoms with Gasteiger partial charge in [-0.3, -0.25) is 9.48 Å². The third-order valence-electron chi connectivity index (χ3n) is 2.53. The molecule has 0 aromatic carbocycles. The maximum Gasteiger partial charge on any atom is 0.326 e. The monoisotopic (exact) mass is 283 g/mol. The maximum absolute atomic E-state index is 11.8. The van der Waals surface area contributed by atoms with Gasteiger partial charge in [-0.15, -0.1) is 0 Å². The Labute approximate surface area is 115 Å². The summed E-state index contributed by atoms with van der Waals surface area (Å²) < 4.78 is 1.59. The number of aliphatic carboxylic acids is 1. The van der Waals surface area contributed by atoms with Crippen LogP contribution in [0.1, 0.15) is 12.0 Å². The molecule has 0 saturated heterocycles. The number of nitrogens with one attached hydrogen (secondary N) is 1. The molecule has 0 saturated carbocycles. The molecule has 0 unspecified atom stereocenters. The van der Waals surface area contributed by atoms with Gasteiger partial charge in [-0.2, -0.15) is 5.10 Å². The van der Waals surface area contributed by atoms with Crippen LogP contribution >= 0.6 is 0 Å². The first-order valence-electron chi connectivity index (χ1n) is 5.80. The fourth-order valence-corrected chi connectivity index (χ4v) is 1.56. The topological polar surface area (TPSA) is 131 Å². The second-order valence-corrected chi connectivity index (χ2v) is 4.39. The lowest BCUT2D eigenvalue weighted by Gasteiger charge is -2.20. The van der Waals surface area contributed by atoms with Gasteiger partial charge >= 0.3 is 12.0 Å². The van der Waals surface area contributed by atoms with Crippen molar-refractivity contribution in [3.05, 3.63) is 18.0 Å². The fraction of sp³-hybridized carbons (Fsp3) is 0.455. The Bertz CT molecular complexity index is 513. The van der Waals surface area contributed by atoms with Crippen molar-refractivity contribution in [1.29, 1.82) is 0 Å². The summed E-state index contributed by atoms with van der Waals surface area (Å²) in [6, 6.07) is -1.95. The highest BCUT2D eigenvalue weighted by Gasteiger charge is 2.23. The average molecular weight is 283 g/mol. The van der Waals surface area contributed by atoms with Gasteiger partial charge in [0.05, 0.1) is 19.2 Å². The third-order valence-corrected chi connectivity index (χ3v) is 2.53. The molecular weight excluding hydrogens is 266 g/mol. The van der Waals surface area contributed by atoms with Crippen LogP contribution in [0.25, 0.3) is 0 Å². The first-order chi connectivity index (χ1) is 9.29. The van der Waals surface area contributed by atoms with E-state index in [1.807, 2.05) is 0 Å². The minimum atomic E-state index is -1.34. The van der Waals surface area contributed by atoms with Gasteiger partial charge in [-0.1, -0.05) is 0 Å². The molecule has 0 fully saturated rings. The molecular formula is C11H17N5O4. The lowest BCUT2D eigenvalue weighted by atomic mass is 10.2. The van der Waals surface area contributed by atoms with E-state index < -0.39 is 30.4 Å². The number of hydrogen-bond acceptors (Lipinski definition) is 4. The Kier molecular flexibility index (Phi) is 5.07. The van der Waals surface area contributed by atoms with Crippen LogP contribution in [0.3, 0.4) is 0 Å². The standard InChI is InChI=1S/C11H17N5O4/c1-15(5-7-4-13-16(2)6-7)11(20)14-8(10(18)19)3-9(12)17/h4,6,8H,3,5H2,1-2H3,(H2,12,17)(H,14,20)(H,18,19)/t8-/m0/s1. The molecule has 4 N–H and O–H groups in total. The molecule has 0 radical (unpaired) electrons. The van der Waals surface area contributed by atoms with Crippen molar-refractivity contribution in [3.63, 3.8) is 0 Å². The molecule has 9 heteroatoms. The Balaban J connectivity index is 2.59. The molecule has 0 aliphatic carbocycles. The van der Waals surface area contributed by atoms with E-state index in [1.54, 1.807) is 24.1 Å². The number of carboxylic acid groups (broad SMARTS) is 1. The summed E-state index contributed by atoms with van der Waals surface area (Å²) in [7, 11) is 3.25. The van der Waals surface area contributed by atoms with Crippen molar-refractivity contribution < 1.29 is 19.5 Å². The number of nitrogens with two attached hydrogens (primary N) is 1. The van der Waals surface area contributed by atoms with Gasteiger partial charge in [-0.25, -0.2) is 9.59 Å². The largest absolute Gasteiger partial charge is 0.480 e. The number of aryl methyl sites for hydroxylation is 1. The van der Waals surface area contributed by atoms with Gasteiger partial charge in [0, 0.05) is 25.9 Å². The fourth-order valence-electron chi connectivity index (χ4n) is 1.56. The van der Waals surface area contributed by atoms with E-state index in [4.69, 9.17) is 10.8 Å². The van der Waals surface area contributed by atoms with Crippen LogP contribution in [0.2, 0.25) is 0 Å². The molecule has 3 amide bonds. The quantitative estimate of drug-likeness (QED) is 0.609. The molecule has 110 valence electrons. The SMILES string of the molecule is CN(Cc1cnn(C)c1)C(=O)N[C@@H](CC(N)=O)C(=O)O. The van der Waals surface area contributed by atoms with Crippen LogP contribution in [-0.2, 0) is 23.2 Å². The second kappa shape index (κ2) is 6.55. The van der Waals surface area contributed by atoms with Crippen molar-refractivity contribution in [2.45, 2.75) is 19.0 Å². The van der Waals surface area contributed by atoms with E-state index in [0.29, 0.717) is 0 Å². The summed E-state index contributed by atoms with van der Waals surface area (Å²) in [4.78, 5) is 34.8. The van der Waals surface area contributed by atoms with E-state index in [9.17, 15) is 14.4 Å². The van der Waals surface area contributed by atoms with Crippen molar-refractivity contribution in [2.24, 2.45) is 12.8 Å². The number of nitrogens with zero attached hydrogens (tertiary/aromatic N) is 3. The molecule has 0 bridgehead atoms. The Hall–Kier alpha value is -2.58. The second-order valence-electron chi connectivity index (χ2n) is 4.39. The van der Waals surface area contributed by atoms with Crippen LogP contribution in [0.5, 0.6) is 0 Å². The lowest BCUT2D eigenvalue weighted by Crippen LogP contribution is -2.47. The molecule has 20 heavy (non-hydrogen) atoms. The summed E-state index contributed by atoms with van der Waals surface area (Å²) in [6.45, 7) is 0.266. The molecule has 0 spiro atoms. The molecule has 0 aliphatic heterocycles. The van der Waals surface area contributed by atoms with Gasteiger partial charge in [0.15, 0.2) is 0 Å². The first kappa shape index (κ1) is 15.5. The summed E-state index contributed by atoms with van der Waals surface area (Å²) in [5.41, 5.74) is 5.73. The van der Waals surface area contributed by atoms with Gasteiger partial charge < -0.3 is 21.1 Å². The van der Waals surface area contributed by atoms with Gasteiger partial charge in [0.1, 0.15) is 6.04 Å². The normalized spacial score (nSPS) is 11.7. The number of urea groups is 1. The highest BCUT2D eigenvalue weighted by molar-refractivity contribution is 5.87. The number of amides is 3. The minimum Gasteiger partial charge on any atom is -0.480 e. The van der Waals surface area contributed by atoms with Gasteiger partial charge in [0.2, 0.25) is 5.91 Å². The minimum absolute atomic E-state index is 0.266. The zero-order chi connectivity index (χ0) is 15.3. The maximum atomic E-state index is 11.8. The highest BCUT2D eigenvalue weighted by Crippen LogP contribution is 2.02. The molecule has 1 aromatic heterocycles. The van der Waals surface area contributed by atoms with E-state index in [-0.39, 0.29) is 6.54 Å². The van der Waals surface area contributed by atoms with Crippen molar-refractivity contribution in [3.8, 4) is 0 Å². The number of carbonyl (C=O) groups is 3. The van der Waals surface area contributed by atoms with Crippen molar-refractivity contribution >= 4 is 17.9 Å². The first-order valence-corrected chi connectivity index (χ1v) is 5.80. The van der Waals surface area contributed by atoms with Crippen LogP contribution in [0.4, 0.5) is 4.79 Å². The molecule has 0 aliphatic rings. The number of rotatable bonds is 6. The van der Waals surface area contributed by atoms with Crippen molar-refractivity contribution in [1.82, 2.24) is 20.0 Å². The molecule has 1 atom stereocenters. The van der Waals surface area contributed by atoms with E-state index in [2.05, 4.69) is 10.4 Å². The lowest BCUT2D eigenvalue weighted by molar-refractivity contribution is -0.140. The Morgan fingerprint density at radius 1 is 1.55 bits per heavy atom. The van der Waals surface area contributed by atoms with Crippen LogP contribution in [0.15, 0.2) is 12.4 Å². The van der Waals surface area contributed by atoms with E-state index in [1.165, 1.54) is 11.9 Å². The summed E-state index contributed by atoms with van der Waals surface area (Å²) in [5, 5.41) is 15.1.